The van der Waals surface area contributed by atoms with E-state index >= 15 is 0 Å². The van der Waals surface area contributed by atoms with Gasteiger partial charge in [-0.25, -0.2) is 0 Å². The lowest BCUT2D eigenvalue weighted by molar-refractivity contribution is -0.157. The molecule has 0 aliphatic carbocycles. The number of allylic oxidation sites excluding steroid dienone is 1. The van der Waals surface area contributed by atoms with Gasteiger partial charge in [-0.2, -0.15) is 0 Å². The lowest BCUT2D eigenvalue weighted by atomic mass is 9.91. The summed E-state index contributed by atoms with van der Waals surface area (Å²) in [7, 11) is -0.102. The van der Waals surface area contributed by atoms with Crippen molar-refractivity contribution in [2.45, 2.75) is 97.8 Å². The predicted molar refractivity (Wildman–Crippen MR) is 145 cm³/mol. The molecule has 198 valence electrons. The summed E-state index contributed by atoms with van der Waals surface area (Å²) in [5, 5.41) is 0. The van der Waals surface area contributed by atoms with Gasteiger partial charge in [0, 0.05) is 12.3 Å². The highest BCUT2D eigenvalue weighted by atomic mass is 28.4. The van der Waals surface area contributed by atoms with Crippen LogP contribution in [0.4, 0.5) is 0 Å². The van der Waals surface area contributed by atoms with Crippen LogP contribution in [-0.2, 0) is 25.3 Å². The number of carbonyl (C=O) groups excluding carboxylic acids is 1. The van der Waals surface area contributed by atoms with Crippen molar-refractivity contribution in [3.63, 3.8) is 0 Å². The van der Waals surface area contributed by atoms with Crippen molar-refractivity contribution >= 4 is 14.3 Å². The third-order valence-corrected chi connectivity index (χ3v) is 12.2. The van der Waals surface area contributed by atoms with Gasteiger partial charge in [0.1, 0.15) is 11.9 Å². The second-order valence-corrected chi connectivity index (χ2v) is 15.1. The molecule has 6 heteroatoms. The molecule has 0 amide bonds. The smallest absolute Gasteiger partial charge is 0.306 e. The minimum atomic E-state index is -1.78. The number of hydrogen-bond acceptors (Lipinski definition) is 5. The topological polar surface area (TPSA) is 54.0 Å². The maximum atomic E-state index is 11.8. The Bertz CT molecular complexity index is 766. The predicted octanol–water partition coefficient (Wildman–Crippen LogP) is 7.16. The summed E-state index contributed by atoms with van der Waals surface area (Å²) in [5.74, 6) is 1.78. The molecule has 1 heterocycles. The monoisotopic (exact) mass is 504 g/mol. The van der Waals surface area contributed by atoms with Crippen LogP contribution in [0.2, 0.25) is 18.1 Å². The molecule has 0 radical (unpaired) electrons. The van der Waals surface area contributed by atoms with Gasteiger partial charge in [-0.05, 0) is 60.5 Å². The van der Waals surface area contributed by atoms with Gasteiger partial charge in [-0.1, -0.05) is 65.8 Å². The highest BCUT2D eigenvalue weighted by Crippen LogP contribution is 2.28. The molecular weight excluding hydrogens is 456 g/mol. The average molecular weight is 505 g/mol. The molecule has 1 saturated heterocycles. The van der Waals surface area contributed by atoms with E-state index < -0.39 is 8.32 Å². The second-order valence-electron chi connectivity index (χ2n) is 10.4. The summed E-state index contributed by atoms with van der Waals surface area (Å²) in [4.78, 5) is 11.8. The van der Waals surface area contributed by atoms with Crippen LogP contribution in [0.1, 0.15) is 66.4 Å². The summed E-state index contributed by atoms with van der Waals surface area (Å²) < 4.78 is 23.9. The number of rotatable bonds is 15. The fraction of sp³-hybridized carbons (Fsp3) is 0.690. The third-order valence-electron chi connectivity index (χ3n) is 7.49. The van der Waals surface area contributed by atoms with E-state index in [-0.39, 0.29) is 24.1 Å². The standard InChI is InChI=1S/C29H48O5Si/c1-8-35(9-2,10-3)34-28(21-32-20-25-13-15-26(31-7)16-14-25)24(6)12-11-22(4)17-27-18-23(5)19-29(30)33-27/h11-16,22-24,27-28H,8-10,17-21H2,1-7H3/b12-11+/t22-,23-,24-,27-,28+/m1/s1. The Morgan fingerprint density at radius 1 is 1.09 bits per heavy atom. The number of benzene rings is 1. The Balaban J connectivity index is 2.00. The lowest BCUT2D eigenvalue weighted by Gasteiger charge is -2.35. The van der Waals surface area contributed by atoms with E-state index in [1.165, 1.54) is 0 Å². The van der Waals surface area contributed by atoms with Crippen molar-refractivity contribution in [1.29, 1.82) is 0 Å². The van der Waals surface area contributed by atoms with E-state index in [1.54, 1.807) is 7.11 Å². The Kier molecular flexibility index (Phi) is 12.5. The van der Waals surface area contributed by atoms with Gasteiger partial charge in [-0.15, -0.1) is 0 Å². The molecule has 0 spiro atoms. The van der Waals surface area contributed by atoms with Crippen LogP contribution in [0.3, 0.4) is 0 Å². The van der Waals surface area contributed by atoms with Crippen LogP contribution in [0, 0.1) is 17.8 Å². The molecule has 0 unspecified atom stereocenters. The Morgan fingerprint density at radius 3 is 2.31 bits per heavy atom. The minimum absolute atomic E-state index is 0.0238. The molecule has 1 aromatic rings. The molecular formula is C29H48O5Si. The van der Waals surface area contributed by atoms with Crippen LogP contribution >= 0.6 is 0 Å². The van der Waals surface area contributed by atoms with Crippen molar-refractivity contribution in [3.8, 4) is 5.75 Å². The molecule has 1 fully saturated rings. The maximum Gasteiger partial charge on any atom is 0.306 e. The van der Waals surface area contributed by atoms with Crippen molar-refractivity contribution in [2.24, 2.45) is 17.8 Å². The van der Waals surface area contributed by atoms with Crippen LogP contribution in [-0.4, -0.2) is 40.2 Å². The molecule has 1 aliphatic rings. The van der Waals surface area contributed by atoms with Gasteiger partial charge in [0.15, 0.2) is 8.32 Å². The van der Waals surface area contributed by atoms with Crippen molar-refractivity contribution in [1.82, 2.24) is 0 Å². The molecule has 1 aliphatic heterocycles. The summed E-state index contributed by atoms with van der Waals surface area (Å²) >= 11 is 0. The summed E-state index contributed by atoms with van der Waals surface area (Å²) in [5.41, 5.74) is 1.13. The highest BCUT2D eigenvalue weighted by Gasteiger charge is 2.33. The number of carbonyl (C=O) groups is 1. The number of methoxy groups -OCH3 is 1. The SMILES string of the molecule is CC[Si](CC)(CC)O[C@@H](COCc1ccc(OC)cc1)[C@H](C)/C=C/[C@@H](C)C[C@@H]1C[C@@H](C)CC(=O)O1. The van der Waals surface area contributed by atoms with E-state index in [4.69, 9.17) is 18.6 Å². The lowest BCUT2D eigenvalue weighted by Crippen LogP contribution is -2.43. The zero-order chi connectivity index (χ0) is 25.8. The van der Waals surface area contributed by atoms with E-state index in [2.05, 4.69) is 53.7 Å². The van der Waals surface area contributed by atoms with E-state index in [0.29, 0.717) is 31.5 Å². The van der Waals surface area contributed by atoms with Crippen molar-refractivity contribution in [3.05, 3.63) is 42.0 Å². The molecule has 2 rings (SSSR count). The first kappa shape index (κ1) is 29.6. The summed E-state index contributed by atoms with van der Waals surface area (Å²) in [6, 6.07) is 11.4. The van der Waals surface area contributed by atoms with Crippen LogP contribution in [0.15, 0.2) is 36.4 Å². The molecule has 35 heavy (non-hydrogen) atoms. The Morgan fingerprint density at radius 2 is 1.74 bits per heavy atom. The van der Waals surface area contributed by atoms with E-state index in [0.717, 1.165) is 42.3 Å². The largest absolute Gasteiger partial charge is 0.497 e. The second kappa shape index (κ2) is 14.8. The van der Waals surface area contributed by atoms with Gasteiger partial charge in [0.2, 0.25) is 0 Å². The molecule has 0 bridgehead atoms. The molecule has 0 N–H and O–H groups in total. The van der Waals surface area contributed by atoms with Gasteiger partial charge in [0.05, 0.1) is 26.4 Å². The maximum absolute atomic E-state index is 11.8. The number of esters is 1. The zero-order valence-corrected chi connectivity index (χ0v) is 24.0. The van der Waals surface area contributed by atoms with Crippen molar-refractivity contribution < 1.29 is 23.4 Å². The number of hydrogen-bond donors (Lipinski definition) is 0. The summed E-state index contributed by atoms with van der Waals surface area (Å²) in [6.45, 7) is 14.5. The first-order chi connectivity index (χ1) is 16.7. The van der Waals surface area contributed by atoms with E-state index in [1.807, 2.05) is 24.3 Å². The van der Waals surface area contributed by atoms with Gasteiger partial charge in [-0.3, -0.25) is 4.79 Å². The van der Waals surface area contributed by atoms with Crippen LogP contribution in [0.25, 0.3) is 0 Å². The Labute approximate surface area is 214 Å². The minimum Gasteiger partial charge on any atom is -0.497 e. The zero-order valence-electron chi connectivity index (χ0n) is 23.0. The fourth-order valence-electron chi connectivity index (χ4n) is 4.85. The molecule has 5 atom stereocenters. The number of ether oxygens (including phenoxy) is 3. The van der Waals surface area contributed by atoms with E-state index in [9.17, 15) is 4.79 Å². The summed E-state index contributed by atoms with van der Waals surface area (Å²) in [6.07, 6.45) is 6.98. The number of cyclic esters (lactones) is 1. The molecule has 5 nitrogen and oxygen atoms in total. The molecule has 0 saturated carbocycles. The average Bonchev–Trinajstić information content (AvgIpc) is 2.84. The third kappa shape index (κ3) is 9.74. The van der Waals surface area contributed by atoms with Gasteiger partial charge in [0.25, 0.3) is 0 Å². The van der Waals surface area contributed by atoms with Gasteiger partial charge < -0.3 is 18.6 Å². The van der Waals surface area contributed by atoms with Crippen LogP contribution in [0.5, 0.6) is 5.75 Å². The van der Waals surface area contributed by atoms with Crippen molar-refractivity contribution in [2.75, 3.05) is 13.7 Å². The first-order valence-corrected chi connectivity index (χ1v) is 16.0. The fourth-order valence-corrected chi connectivity index (χ4v) is 7.78. The normalized spacial score (nSPS) is 21.5. The quantitative estimate of drug-likeness (QED) is 0.144. The van der Waals surface area contributed by atoms with Crippen LogP contribution < -0.4 is 4.74 Å². The highest BCUT2D eigenvalue weighted by molar-refractivity contribution is 6.73. The van der Waals surface area contributed by atoms with Gasteiger partial charge >= 0.3 is 5.97 Å². The Hall–Kier alpha value is -1.63. The molecule has 1 aromatic carbocycles. The molecule has 0 aromatic heterocycles. The first-order valence-electron chi connectivity index (χ1n) is 13.5.